The average Bonchev–Trinajstić information content (AvgIpc) is 3.82. The molecule has 3 aromatic carbocycles. The van der Waals surface area contributed by atoms with Crippen molar-refractivity contribution in [2.75, 3.05) is 19.8 Å². The number of carboxylic acids is 1. The smallest absolute Gasteiger partial charge is 0.313 e. The van der Waals surface area contributed by atoms with Crippen molar-refractivity contribution in [1.29, 1.82) is 5.26 Å². The third-order valence-corrected chi connectivity index (χ3v) is 9.08. The Hall–Kier alpha value is -5.11. The van der Waals surface area contributed by atoms with E-state index in [9.17, 15) is 20.3 Å². The van der Waals surface area contributed by atoms with E-state index in [0.29, 0.717) is 49.8 Å². The fourth-order valence-electron chi connectivity index (χ4n) is 6.06. The van der Waals surface area contributed by atoms with Crippen LogP contribution in [0.5, 0.6) is 23.0 Å². The predicted octanol–water partition coefficient (Wildman–Crippen LogP) is 5.40. The van der Waals surface area contributed by atoms with Crippen molar-refractivity contribution in [2.45, 2.75) is 53.0 Å². The third-order valence-electron chi connectivity index (χ3n) is 9.08. The Morgan fingerprint density at radius 1 is 1.00 bits per heavy atom. The zero-order valence-corrected chi connectivity index (χ0v) is 26.6. The van der Waals surface area contributed by atoms with Gasteiger partial charge in [0.2, 0.25) is 0 Å². The molecule has 0 radical (unpaired) electrons. The number of benzene rings is 3. The van der Waals surface area contributed by atoms with E-state index in [0.717, 1.165) is 56.0 Å². The summed E-state index contributed by atoms with van der Waals surface area (Å²) in [5.41, 5.74) is 7.06. The van der Waals surface area contributed by atoms with Gasteiger partial charge in [0, 0.05) is 47.7 Å². The molecule has 3 N–H and O–H groups in total. The number of nitrogens with one attached hydrogen (secondary N) is 1. The molecule has 6 rings (SSSR count). The largest absolute Gasteiger partial charge is 0.488 e. The van der Waals surface area contributed by atoms with Gasteiger partial charge in [-0.1, -0.05) is 24.3 Å². The summed E-state index contributed by atoms with van der Waals surface area (Å²) in [4.78, 5) is 15.8. The van der Waals surface area contributed by atoms with Crippen LogP contribution in [0, 0.1) is 37.5 Å². The number of fused-ring (bicyclic) bond motifs is 1. The average molecular weight is 636 g/mol. The van der Waals surface area contributed by atoms with E-state index < -0.39 is 18.0 Å². The SMILES string of the molecule is Cc1cc(CNC2CC2(CO)C(=O)O)c(OCc2cncc(C#N)c2)cc1OCc1cccc(-c2ccc3c(c2C)OCCO3)c1C. The van der Waals surface area contributed by atoms with Gasteiger partial charge in [-0.25, -0.2) is 0 Å². The molecular formula is C37H37N3O7. The van der Waals surface area contributed by atoms with Crippen molar-refractivity contribution >= 4 is 5.97 Å². The number of carbonyl (C=O) groups is 1. The molecule has 1 saturated carbocycles. The Bertz CT molecular complexity index is 1870. The topological polar surface area (TPSA) is 143 Å². The van der Waals surface area contributed by atoms with Crippen molar-refractivity contribution in [3.05, 3.63) is 99.9 Å². The number of nitrogens with zero attached hydrogens (tertiary/aromatic N) is 2. The second-order valence-corrected chi connectivity index (χ2v) is 12.1. The lowest BCUT2D eigenvalue weighted by Gasteiger charge is -2.23. The summed E-state index contributed by atoms with van der Waals surface area (Å²) in [5.74, 6) is 1.75. The number of hydrogen-bond acceptors (Lipinski definition) is 9. The first kappa shape index (κ1) is 31.9. The van der Waals surface area contributed by atoms with Crippen LogP contribution in [0.2, 0.25) is 0 Å². The first-order chi connectivity index (χ1) is 22.7. The Labute approximate surface area is 273 Å². The Morgan fingerprint density at radius 2 is 1.79 bits per heavy atom. The number of aryl methyl sites for hydroxylation is 1. The fourth-order valence-corrected chi connectivity index (χ4v) is 6.06. The van der Waals surface area contributed by atoms with Gasteiger partial charge < -0.3 is 34.5 Å². The van der Waals surface area contributed by atoms with Gasteiger partial charge >= 0.3 is 5.97 Å². The molecule has 2 atom stereocenters. The highest BCUT2D eigenvalue weighted by Crippen LogP contribution is 2.46. The van der Waals surface area contributed by atoms with E-state index in [-0.39, 0.29) is 12.6 Å². The van der Waals surface area contributed by atoms with Gasteiger partial charge in [-0.15, -0.1) is 0 Å². The van der Waals surface area contributed by atoms with Crippen LogP contribution in [0.15, 0.2) is 60.9 Å². The van der Waals surface area contributed by atoms with Crippen LogP contribution >= 0.6 is 0 Å². The molecule has 0 saturated heterocycles. The molecule has 0 amide bonds. The number of hydrogen-bond donors (Lipinski definition) is 3. The van der Waals surface area contributed by atoms with E-state index >= 15 is 0 Å². The van der Waals surface area contributed by atoms with Crippen LogP contribution in [0.1, 0.15) is 45.4 Å². The predicted molar refractivity (Wildman–Crippen MR) is 174 cm³/mol. The number of nitriles is 1. The van der Waals surface area contributed by atoms with E-state index in [4.69, 9.17) is 18.9 Å². The molecule has 1 fully saturated rings. The van der Waals surface area contributed by atoms with Gasteiger partial charge in [-0.05, 0) is 73.2 Å². The minimum atomic E-state index is -1.16. The van der Waals surface area contributed by atoms with E-state index in [1.807, 2.05) is 38.1 Å². The van der Waals surface area contributed by atoms with Gasteiger partial charge in [-0.3, -0.25) is 9.78 Å². The summed E-state index contributed by atoms with van der Waals surface area (Å²) in [6, 6.07) is 17.5. The first-order valence-corrected chi connectivity index (χ1v) is 15.5. The van der Waals surface area contributed by atoms with Gasteiger partial charge in [0.05, 0.1) is 12.2 Å². The van der Waals surface area contributed by atoms with Crippen LogP contribution in [-0.4, -0.2) is 47.0 Å². The fraction of sp³-hybridized carbons (Fsp3) is 0.324. The Balaban J connectivity index is 1.23. The van der Waals surface area contributed by atoms with Crippen LogP contribution in [0.3, 0.4) is 0 Å². The molecule has 0 spiro atoms. The van der Waals surface area contributed by atoms with E-state index in [1.165, 1.54) is 6.20 Å². The molecule has 0 bridgehead atoms. The standard InChI is InChI=1S/C37H37N3O7/c1-22-11-28(18-40-34-14-37(34,21-41)36(42)43)33(46-19-26-12-25(15-38)16-39-17-26)13-32(22)47-20-27-5-4-6-29(23(27)2)30-7-8-31-35(24(30)3)45-10-9-44-31/h4-8,11-13,16-17,34,40-41H,9-10,14,18-21H2,1-3H3,(H,42,43). The summed E-state index contributed by atoms with van der Waals surface area (Å²) < 4.78 is 24.3. The van der Waals surface area contributed by atoms with Crippen molar-refractivity contribution in [3.63, 3.8) is 0 Å². The molecular weight excluding hydrogens is 598 g/mol. The molecule has 2 aliphatic rings. The zero-order valence-electron chi connectivity index (χ0n) is 26.6. The quantitative estimate of drug-likeness (QED) is 0.185. The number of aromatic nitrogens is 1. The molecule has 2 unspecified atom stereocenters. The van der Waals surface area contributed by atoms with Crippen molar-refractivity contribution in [1.82, 2.24) is 10.3 Å². The molecule has 1 aromatic heterocycles. The summed E-state index contributed by atoms with van der Waals surface area (Å²) in [7, 11) is 0. The normalized spacial score (nSPS) is 17.9. The second kappa shape index (κ2) is 13.3. The number of aliphatic hydroxyl groups is 1. The monoisotopic (exact) mass is 635 g/mol. The van der Waals surface area contributed by atoms with Crippen LogP contribution in [0.4, 0.5) is 0 Å². The van der Waals surface area contributed by atoms with Crippen LogP contribution in [0.25, 0.3) is 11.1 Å². The minimum absolute atomic E-state index is 0.174. The summed E-state index contributed by atoms with van der Waals surface area (Å²) >= 11 is 0. The Morgan fingerprint density at radius 3 is 2.55 bits per heavy atom. The lowest BCUT2D eigenvalue weighted by atomic mass is 9.93. The maximum absolute atomic E-state index is 11.7. The lowest BCUT2D eigenvalue weighted by molar-refractivity contribution is -0.145. The highest BCUT2D eigenvalue weighted by atomic mass is 16.6. The Kier molecular flexibility index (Phi) is 9.03. The van der Waals surface area contributed by atoms with E-state index in [2.05, 4.69) is 41.5 Å². The summed E-state index contributed by atoms with van der Waals surface area (Å²) in [6.45, 7) is 7.58. The number of aliphatic hydroxyl groups excluding tert-OH is 1. The highest BCUT2D eigenvalue weighted by molar-refractivity contribution is 5.80. The lowest BCUT2D eigenvalue weighted by Crippen LogP contribution is -2.31. The van der Waals surface area contributed by atoms with Crippen molar-refractivity contribution < 1.29 is 34.0 Å². The molecule has 242 valence electrons. The van der Waals surface area contributed by atoms with Gasteiger partial charge in [0.15, 0.2) is 11.5 Å². The summed E-state index contributed by atoms with van der Waals surface area (Å²) in [5, 5.41) is 31.8. The second-order valence-electron chi connectivity index (χ2n) is 12.1. The van der Waals surface area contributed by atoms with Crippen molar-refractivity contribution in [3.8, 4) is 40.2 Å². The number of carboxylic acid groups (broad SMARTS) is 1. The number of ether oxygens (including phenoxy) is 4. The maximum atomic E-state index is 11.7. The molecule has 1 aliphatic heterocycles. The highest BCUT2D eigenvalue weighted by Gasteiger charge is 2.60. The number of pyridine rings is 1. The van der Waals surface area contributed by atoms with E-state index in [1.54, 1.807) is 12.3 Å². The first-order valence-electron chi connectivity index (χ1n) is 15.5. The molecule has 1 aliphatic carbocycles. The molecule has 10 nitrogen and oxygen atoms in total. The molecule has 10 heteroatoms. The number of aliphatic carboxylic acids is 1. The number of rotatable bonds is 12. The molecule has 4 aromatic rings. The summed E-state index contributed by atoms with van der Waals surface area (Å²) in [6.07, 6.45) is 3.50. The van der Waals surface area contributed by atoms with Gasteiger partial charge in [0.1, 0.15) is 49.4 Å². The maximum Gasteiger partial charge on any atom is 0.313 e. The van der Waals surface area contributed by atoms with Crippen LogP contribution < -0.4 is 24.3 Å². The van der Waals surface area contributed by atoms with Crippen molar-refractivity contribution in [2.24, 2.45) is 5.41 Å². The minimum Gasteiger partial charge on any atom is -0.488 e. The molecule has 2 heterocycles. The van der Waals surface area contributed by atoms with Gasteiger partial charge in [0.25, 0.3) is 0 Å². The zero-order chi connectivity index (χ0) is 33.1. The molecule has 47 heavy (non-hydrogen) atoms. The third kappa shape index (κ3) is 6.45. The van der Waals surface area contributed by atoms with Crippen LogP contribution in [-0.2, 0) is 24.6 Å². The van der Waals surface area contributed by atoms with Gasteiger partial charge in [-0.2, -0.15) is 5.26 Å².